The zero-order chi connectivity index (χ0) is 20.1. The summed E-state index contributed by atoms with van der Waals surface area (Å²) >= 11 is 5.74. The second-order valence-corrected chi connectivity index (χ2v) is 8.17. The Kier molecular flexibility index (Phi) is 6.38. The smallest absolute Gasteiger partial charge is 0.106 e. The molecule has 0 amide bonds. The summed E-state index contributed by atoms with van der Waals surface area (Å²) in [6, 6.07) is 28.5. The number of hydrogen-bond acceptors (Lipinski definition) is 2. The predicted molar refractivity (Wildman–Crippen MR) is 125 cm³/mol. The minimum Gasteiger partial charge on any atom is -0.374 e. The van der Waals surface area contributed by atoms with Gasteiger partial charge in [0.2, 0.25) is 0 Å². The molecular weight excluding hydrogens is 372 g/mol. The van der Waals surface area contributed by atoms with Gasteiger partial charge in [-0.3, -0.25) is 4.90 Å². The molecule has 0 bridgehead atoms. The van der Waals surface area contributed by atoms with Crippen molar-refractivity contribution in [3.8, 4) is 0 Å². The maximum atomic E-state index is 5.74. The van der Waals surface area contributed by atoms with Crippen molar-refractivity contribution in [2.75, 3.05) is 13.1 Å². The van der Waals surface area contributed by atoms with Crippen molar-refractivity contribution in [1.82, 2.24) is 10.2 Å². The Hall–Kier alpha value is -2.49. The minimum absolute atomic E-state index is 0.473. The lowest BCUT2D eigenvalue weighted by Crippen LogP contribution is -2.47. The standard InChI is InChI=1S/C26H28N2S/c1-2-28-19-24-13-7-6-12-22(24)17-25(28)18-27-26(29)23-14-8-11-21(16-23)15-20-9-4-3-5-10-20/h3-14,16,25H,2,15,17-19H2,1H3,(H,27,29)/t25-/m1/s1. The second-order valence-electron chi connectivity index (χ2n) is 7.76. The van der Waals surface area contributed by atoms with E-state index < -0.39 is 0 Å². The molecule has 0 aliphatic carbocycles. The average molecular weight is 401 g/mol. The van der Waals surface area contributed by atoms with Crippen molar-refractivity contribution in [2.45, 2.75) is 32.4 Å². The summed E-state index contributed by atoms with van der Waals surface area (Å²) < 4.78 is 0. The Morgan fingerprint density at radius 2 is 1.66 bits per heavy atom. The molecule has 1 atom stereocenters. The van der Waals surface area contributed by atoms with Gasteiger partial charge in [0, 0.05) is 24.7 Å². The molecule has 0 unspecified atom stereocenters. The van der Waals surface area contributed by atoms with Crippen LogP contribution in [0.2, 0.25) is 0 Å². The molecule has 0 spiro atoms. The number of hydrogen-bond donors (Lipinski definition) is 1. The number of thiocarbonyl (C=S) groups is 1. The molecule has 0 aromatic heterocycles. The fraction of sp³-hybridized carbons (Fsp3) is 0.269. The van der Waals surface area contributed by atoms with Crippen molar-refractivity contribution >= 4 is 17.2 Å². The fourth-order valence-corrected chi connectivity index (χ4v) is 4.39. The fourth-order valence-electron chi connectivity index (χ4n) is 4.18. The Balaban J connectivity index is 1.40. The van der Waals surface area contributed by atoms with Crippen molar-refractivity contribution in [3.63, 3.8) is 0 Å². The monoisotopic (exact) mass is 400 g/mol. The molecule has 2 nitrogen and oxygen atoms in total. The van der Waals surface area contributed by atoms with Crippen molar-refractivity contribution in [2.24, 2.45) is 0 Å². The summed E-state index contributed by atoms with van der Waals surface area (Å²) in [6.45, 7) is 5.20. The van der Waals surface area contributed by atoms with Gasteiger partial charge in [-0.2, -0.15) is 0 Å². The first kappa shape index (κ1) is 19.8. The summed E-state index contributed by atoms with van der Waals surface area (Å²) in [7, 11) is 0. The van der Waals surface area contributed by atoms with Crippen LogP contribution in [-0.4, -0.2) is 29.0 Å². The highest BCUT2D eigenvalue weighted by Crippen LogP contribution is 2.22. The Morgan fingerprint density at radius 1 is 0.931 bits per heavy atom. The average Bonchev–Trinajstić information content (AvgIpc) is 2.77. The molecule has 3 aromatic carbocycles. The van der Waals surface area contributed by atoms with Crippen LogP contribution in [0.15, 0.2) is 78.9 Å². The maximum Gasteiger partial charge on any atom is 0.106 e. The number of rotatable bonds is 6. The van der Waals surface area contributed by atoms with Gasteiger partial charge >= 0.3 is 0 Å². The lowest BCUT2D eigenvalue weighted by Gasteiger charge is -2.36. The molecule has 3 heteroatoms. The quantitative estimate of drug-likeness (QED) is 0.587. The zero-order valence-electron chi connectivity index (χ0n) is 17.0. The van der Waals surface area contributed by atoms with E-state index in [1.165, 1.54) is 22.3 Å². The van der Waals surface area contributed by atoms with E-state index in [0.29, 0.717) is 6.04 Å². The molecule has 1 aliphatic heterocycles. The van der Waals surface area contributed by atoms with Crippen LogP contribution in [0.5, 0.6) is 0 Å². The summed E-state index contributed by atoms with van der Waals surface area (Å²) in [5, 5.41) is 3.54. The van der Waals surface area contributed by atoms with Gasteiger partial charge in [-0.25, -0.2) is 0 Å². The first-order chi connectivity index (χ1) is 14.2. The molecule has 0 fully saturated rings. The molecule has 0 radical (unpaired) electrons. The number of benzene rings is 3. The molecular formula is C26H28N2S. The minimum atomic E-state index is 0.473. The molecule has 1 heterocycles. The van der Waals surface area contributed by atoms with Gasteiger partial charge in [0.1, 0.15) is 4.99 Å². The van der Waals surface area contributed by atoms with Crippen LogP contribution in [-0.2, 0) is 19.4 Å². The normalized spacial score (nSPS) is 16.2. The van der Waals surface area contributed by atoms with Crippen molar-refractivity contribution in [1.29, 1.82) is 0 Å². The molecule has 1 N–H and O–H groups in total. The summed E-state index contributed by atoms with van der Waals surface area (Å²) in [6.07, 6.45) is 2.01. The van der Waals surface area contributed by atoms with Gasteiger partial charge < -0.3 is 5.32 Å². The van der Waals surface area contributed by atoms with Crippen LogP contribution < -0.4 is 5.32 Å². The van der Waals surface area contributed by atoms with E-state index in [1.54, 1.807) is 0 Å². The summed E-state index contributed by atoms with van der Waals surface area (Å²) in [5.74, 6) is 0. The van der Waals surface area contributed by atoms with Crippen molar-refractivity contribution in [3.05, 3.63) is 107 Å². The molecule has 0 saturated heterocycles. The van der Waals surface area contributed by atoms with Crippen LogP contribution in [0, 0.1) is 0 Å². The molecule has 3 aromatic rings. The molecule has 4 rings (SSSR count). The van der Waals surface area contributed by atoms with Gasteiger partial charge in [0.15, 0.2) is 0 Å². The topological polar surface area (TPSA) is 15.3 Å². The van der Waals surface area contributed by atoms with Gasteiger partial charge in [0.05, 0.1) is 0 Å². The van der Waals surface area contributed by atoms with E-state index in [1.807, 2.05) is 0 Å². The zero-order valence-corrected chi connectivity index (χ0v) is 17.8. The molecule has 148 valence electrons. The largest absolute Gasteiger partial charge is 0.374 e. The third-order valence-electron chi connectivity index (χ3n) is 5.81. The van der Waals surface area contributed by atoms with E-state index in [0.717, 1.165) is 43.0 Å². The van der Waals surface area contributed by atoms with E-state index in [2.05, 4.69) is 96.0 Å². The van der Waals surface area contributed by atoms with Crippen molar-refractivity contribution < 1.29 is 0 Å². The Bertz CT molecular complexity index is 967. The van der Waals surface area contributed by atoms with E-state index >= 15 is 0 Å². The Morgan fingerprint density at radius 3 is 2.45 bits per heavy atom. The number of likely N-dealkylation sites (N-methyl/N-ethyl adjacent to an activating group) is 1. The van der Waals surface area contributed by atoms with Gasteiger partial charge in [-0.05, 0) is 47.7 Å². The first-order valence-electron chi connectivity index (χ1n) is 10.4. The number of nitrogens with one attached hydrogen (secondary N) is 1. The third kappa shape index (κ3) is 4.92. The van der Waals surface area contributed by atoms with Crippen LogP contribution in [0.3, 0.4) is 0 Å². The van der Waals surface area contributed by atoms with Crippen LogP contribution in [0.1, 0.15) is 34.7 Å². The van der Waals surface area contributed by atoms with Crippen LogP contribution in [0.4, 0.5) is 0 Å². The number of nitrogens with zero attached hydrogens (tertiary/aromatic N) is 1. The van der Waals surface area contributed by atoms with E-state index in [-0.39, 0.29) is 0 Å². The highest BCUT2D eigenvalue weighted by atomic mass is 32.1. The second kappa shape index (κ2) is 9.34. The molecule has 29 heavy (non-hydrogen) atoms. The van der Waals surface area contributed by atoms with Crippen LogP contribution in [0.25, 0.3) is 0 Å². The summed E-state index contributed by atoms with van der Waals surface area (Å²) in [5.41, 5.74) is 6.65. The third-order valence-corrected chi connectivity index (χ3v) is 6.19. The van der Waals surface area contributed by atoms with Gasteiger partial charge in [0.25, 0.3) is 0 Å². The lowest BCUT2D eigenvalue weighted by molar-refractivity contribution is 0.182. The molecule has 0 saturated carbocycles. The summed E-state index contributed by atoms with van der Waals surface area (Å²) in [4.78, 5) is 3.39. The lowest BCUT2D eigenvalue weighted by atomic mass is 9.94. The first-order valence-corrected chi connectivity index (χ1v) is 10.9. The maximum absolute atomic E-state index is 5.74. The van der Waals surface area contributed by atoms with E-state index in [9.17, 15) is 0 Å². The predicted octanol–water partition coefficient (Wildman–Crippen LogP) is 4.99. The highest BCUT2D eigenvalue weighted by Gasteiger charge is 2.24. The highest BCUT2D eigenvalue weighted by molar-refractivity contribution is 7.80. The molecule has 1 aliphatic rings. The van der Waals surface area contributed by atoms with Gasteiger partial charge in [-0.15, -0.1) is 0 Å². The number of fused-ring (bicyclic) bond motifs is 1. The Labute approximate surface area is 179 Å². The van der Waals surface area contributed by atoms with E-state index in [4.69, 9.17) is 12.2 Å². The van der Waals surface area contributed by atoms with Gasteiger partial charge in [-0.1, -0.05) is 91.9 Å². The van der Waals surface area contributed by atoms with Crippen LogP contribution >= 0.6 is 12.2 Å². The SMILES string of the molecule is CCN1Cc2ccccc2C[C@@H]1CNC(=S)c1cccc(Cc2ccccc2)c1.